The molecule has 0 amide bonds. The molecule has 0 saturated heterocycles. The van der Waals surface area contributed by atoms with E-state index in [1.165, 1.54) is 4.88 Å². The van der Waals surface area contributed by atoms with Crippen LogP contribution in [0.1, 0.15) is 22.0 Å². The summed E-state index contributed by atoms with van der Waals surface area (Å²) in [6, 6.07) is 6.82. The minimum Gasteiger partial charge on any atom is -0.324 e. The van der Waals surface area contributed by atoms with E-state index in [0.29, 0.717) is 12.0 Å². The summed E-state index contributed by atoms with van der Waals surface area (Å²) in [4.78, 5) is 1.18. The zero-order valence-electron chi connectivity index (χ0n) is 9.41. The molecule has 0 aliphatic heterocycles. The van der Waals surface area contributed by atoms with E-state index < -0.39 is 0 Å². The molecule has 0 aliphatic rings. The highest BCUT2D eigenvalue weighted by atomic mass is 35.5. The molecular formula is C13H13ClFNS. The Kier molecular flexibility index (Phi) is 3.82. The number of benzene rings is 1. The lowest BCUT2D eigenvalue weighted by Crippen LogP contribution is -2.14. The van der Waals surface area contributed by atoms with Gasteiger partial charge in [-0.05, 0) is 42.0 Å². The molecule has 1 atom stereocenters. The van der Waals surface area contributed by atoms with Crippen LogP contribution in [-0.2, 0) is 6.42 Å². The molecule has 17 heavy (non-hydrogen) atoms. The summed E-state index contributed by atoms with van der Waals surface area (Å²) >= 11 is 7.39. The average molecular weight is 270 g/mol. The number of hydrogen-bond acceptors (Lipinski definition) is 2. The Morgan fingerprint density at radius 3 is 2.82 bits per heavy atom. The van der Waals surface area contributed by atoms with E-state index >= 15 is 0 Å². The molecule has 2 rings (SSSR count). The summed E-state index contributed by atoms with van der Waals surface area (Å²) in [7, 11) is 0. The lowest BCUT2D eigenvalue weighted by molar-refractivity contribution is 0.593. The van der Waals surface area contributed by atoms with E-state index in [0.717, 1.165) is 5.56 Å². The van der Waals surface area contributed by atoms with Crippen LogP contribution in [0.3, 0.4) is 0 Å². The second-order valence-corrected chi connectivity index (χ2v) is 5.48. The standard InChI is InChI=1S/C13H13ClFNS/c1-8-10(5-6-17-8)12(16)7-9-3-2-4-11(14)13(9)15/h2-6,12H,7,16H2,1H3. The minimum absolute atomic E-state index is 0.150. The van der Waals surface area contributed by atoms with Gasteiger partial charge in [0.05, 0.1) is 5.02 Å². The van der Waals surface area contributed by atoms with Gasteiger partial charge < -0.3 is 5.73 Å². The van der Waals surface area contributed by atoms with Gasteiger partial charge in [-0.3, -0.25) is 0 Å². The van der Waals surface area contributed by atoms with Crippen molar-refractivity contribution in [2.24, 2.45) is 5.73 Å². The summed E-state index contributed by atoms with van der Waals surface area (Å²) in [6.07, 6.45) is 0.462. The van der Waals surface area contributed by atoms with Crippen molar-refractivity contribution in [3.63, 3.8) is 0 Å². The van der Waals surface area contributed by atoms with Crippen LogP contribution < -0.4 is 5.73 Å². The van der Waals surface area contributed by atoms with Gasteiger partial charge in [-0.1, -0.05) is 23.7 Å². The Balaban J connectivity index is 2.22. The minimum atomic E-state index is -0.363. The Morgan fingerprint density at radius 1 is 1.41 bits per heavy atom. The SMILES string of the molecule is Cc1sccc1C(N)Cc1cccc(Cl)c1F. The van der Waals surface area contributed by atoms with Crippen molar-refractivity contribution < 1.29 is 4.39 Å². The molecule has 1 heterocycles. The molecular weight excluding hydrogens is 257 g/mol. The van der Waals surface area contributed by atoms with Crippen molar-refractivity contribution in [3.05, 3.63) is 56.5 Å². The fraction of sp³-hybridized carbons (Fsp3) is 0.231. The fourth-order valence-electron chi connectivity index (χ4n) is 1.83. The summed E-state index contributed by atoms with van der Waals surface area (Å²) in [5, 5.41) is 2.15. The van der Waals surface area contributed by atoms with E-state index in [1.807, 2.05) is 18.4 Å². The molecule has 0 saturated carbocycles. The lowest BCUT2D eigenvalue weighted by atomic mass is 10.00. The van der Waals surface area contributed by atoms with Crippen molar-refractivity contribution >= 4 is 22.9 Å². The van der Waals surface area contributed by atoms with Crippen molar-refractivity contribution in [2.75, 3.05) is 0 Å². The number of halogens is 2. The molecule has 90 valence electrons. The zero-order valence-corrected chi connectivity index (χ0v) is 11.0. The molecule has 0 fully saturated rings. The van der Waals surface area contributed by atoms with Crippen molar-refractivity contribution in [2.45, 2.75) is 19.4 Å². The molecule has 2 N–H and O–H groups in total. The summed E-state index contributed by atoms with van der Waals surface area (Å²) < 4.78 is 13.7. The van der Waals surface area contributed by atoms with Gasteiger partial charge >= 0.3 is 0 Å². The molecule has 2 aromatic rings. The van der Waals surface area contributed by atoms with Gasteiger partial charge in [0.1, 0.15) is 5.82 Å². The van der Waals surface area contributed by atoms with E-state index in [9.17, 15) is 4.39 Å². The molecule has 0 radical (unpaired) electrons. The largest absolute Gasteiger partial charge is 0.324 e. The Hall–Kier alpha value is -0.900. The topological polar surface area (TPSA) is 26.0 Å². The Morgan fingerprint density at radius 2 is 2.18 bits per heavy atom. The van der Waals surface area contributed by atoms with Gasteiger partial charge in [-0.2, -0.15) is 0 Å². The number of rotatable bonds is 3. The maximum absolute atomic E-state index is 13.7. The van der Waals surface area contributed by atoms with Crippen LogP contribution >= 0.6 is 22.9 Å². The predicted molar refractivity (Wildman–Crippen MR) is 71.1 cm³/mol. The van der Waals surface area contributed by atoms with Gasteiger partial charge in [0.15, 0.2) is 0 Å². The van der Waals surface area contributed by atoms with E-state index in [1.54, 1.807) is 29.5 Å². The third kappa shape index (κ3) is 2.68. The predicted octanol–water partition coefficient (Wildman–Crippen LogP) is 4.09. The van der Waals surface area contributed by atoms with E-state index in [4.69, 9.17) is 17.3 Å². The molecule has 1 unspecified atom stereocenters. The van der Waals surface area contributed by atoms with Crippen LogP contribution in [0.4, 0.5) is 4.39 Å². The normalized spacial score (nSPS) is 12.7. The summed E-state index contributed by atoms with van der Waals surface area (Å²) in [5.41, 5.74) is 7.73. The highest BCUT2D eigenvalue weighted by molar-refractivity contribution is 7.10. The van der Waals surface area contributed by atoms with E-state index in [2.05, 4.69) is 0 Å². The van der Waals surface area contributed by atoms with E-state index in [-0.39, 0.29) is 16.9 Å². The van der Waals surface area contributed by atoms with Crippen molar-refractivity contribution in [1.29, 1.82) is 0 Å². The van der Waals surface area contributed by atoms with Gasteiger partial charge in [0.2, 0.25) is 0 Å². The number of hydrogen-bond donors (Lipinski definition) is 1. The lowest BCUT2D eigenvalue weighted by Gasteiger charge is -2.12. The Labute approximate surface area is 109 Å². The smallest absolute Gasteiger partial charge is 0.145 e. The van der Waals surface area contributed by atoms with Crippen molar-refractivity contribution in [3.8, 4) is 0 Å². The van der Waals surface area contributed by atoms with Gasteiger partial charge in [-0.15, -0.1) is 11.3 Å². The first-order valence-corrected chi connectivity index (χ1v) is 6.58. The third-order valence-corrected chi connectivity index (χ3v) is 3.92. The highest BCUT2D eigenvalue weighted by Crippen LogP contribution is 2.26. The molecule has 1 aromatic heterocycles. The molecule has 1 nitrogen and oxygen atoms in total. The van der Waals surface area contributed by atoms with Crippen LogP contribution in [0, 0.1) is 12.7 Å². The first kappa shape index (κ1) is 12.6. The number of aryl methyl sites for hydroxylation is 1. The average Bonchev–Trinajstić information content (AvgIpc) is 2.71. The monoisotopic (exact) mass is 269 g/mol. The van der Waals surface area contributed by atoms with Gasteiger partial charge in [0.25, 0.3) is 0 Å². The zero-order chi connectivity index (χ0) is 12.4. The quantitative estimate of drug-likeness (QED) is 0.892. The molecule has 0 aliphatic carbocycles. The highest BCUT2D eigenvalue weighted by Gasteiger charge is 2.14. The summed E-state index contributed by atoms with van der Waals surface area (Å²) in [6.45, 7) is 2.02. The molecule has 1 aromatic carbocycles. The maximum Gasteiger partial charge on any atom is 0.145 e. The van der Waals surface area contributed by atoms with Crippen LogP contribution in [0.25, 0.3) is 0 Å². The maximum atomic E-state index is 13.7. The van der Waals surface area contributed by atoms with Gasteiger partial charge in [0, 0.05) is 10.9 Å². The molecule has 4 heteroatoms. The first-order valence-electron chi connectivity index (χ1n) is 5.32. The van der Waals surface area contributed by atoms with Crippen LogP contribution in [0.2, 0.25) is 5.02 Å². The van der Waals surface area contributed by atoms with Crippen LogP contribution in [-0.4, -0.2) is 0 Å². The summed E-state index contributed by atoms with van der Waals surface area (Å²) in [5.74, 6) is -0.363. The number of thiophene rings is 1. The molecule has 0 spiro atoms. The first-order chi connectivity index (χ1) is 8.09. The van der Waals surface area contributed by atoms with Crippen molar-refractivity contribution in [1.82, 2.24) is 0 Å². The Bertz CT molecular complexity index is 524. The number of nitrogens with two attached hydrogens (primary N) is 1. The third-order valence-electron chi connectivity index (χ3n) is 2.77. The molecule has 0 bridgehead atoms. The second-order valence-electron chi connectivity index (χ2n) is 3.96. The second kappa shape index (κ2) is 5.17. The van der Waals surface area contributed by atoms with Crippen LogP contribution in [0.5, 0.6) is 0 Å². The van der Waals surface area contributed by atoms with Gasteiger partial charge in [-0.25, -0.2) is 4.39 Å². The fourth-order valence-corrected chi connectivity index (χ4v) is 2.80. The van der Waals surface area contributed by atoms with Crippen LogP contribution in [0.15, 0.2) is 29.6 Å².